The molecule has 1 aromatic carbocycles. The van der Waals surface area contributed by atoms with Crippen molar-refractivity contribution in [3.8, 4) is 17.8 Å². The second-order valence-electron chi connectivity index (χ2n) is 5.43. The van der Waals surface area contributed by atoms with Crippen molar-refractivity contribution in [2.24, 2.45) is 7.05 Å². The van der Waals surface area contributed by atoms with E-state index >= 15 is 0 Å². The van der Waals surface area contributed by atoms with Crippen LogP contribution in [0.25, 0.3) is 16.9 Å². The molecule has 0 unspecified atom stereocenters. The Morgan fingerprint density at radius 3 is 2.58 bits per heavy atom. The molecular formula is C16H12F3N5O2. The van der Waals surface area contributed by atoms with E-state index in [0.29, 0.717) is 11.3 Å². The number of alkyl halides is 3. The summed E-state index contributed by atoms with van der Waals surface area (Å²) in [5, 5.41) is 8.87. The molecule has 0 N–H and O–H groups in total. The molecule has 0 spiro atoms. The number of benzene rings is 1. The highest BCUT2D eigenvalue weighted by Gasteiger charge is 2.27. The molecule has 7 nitrogen and oxygen atoms in total. The number of hydrogen-bond donors (Lipinski definition) is 0. The number of halogens is 3. The molecule has 0 bridgehead atoms. The molecule has 0 fully saturated rings. The zero-order valence-electron chi connectivity index (χ0n) is 13.5. The van der Waals surface area contributed by atoms with E-state index < -0.39 is 24.8 Å². The molecule has 0 aliphatic carbocycles. The summed E-state index contributed by atoms with van der Waals surface area (Å²) in [5.41, 5.74) is 0.341. The summed E-state index contributed by atoms with van der Waals surface area (Å²) in [6.45, 7) is -0.685. The van der Waals surface area contributed by atoms with E-state index in [4.69, 9.17) is 10.00 Å². The molecule has 0 saturated heterocycles. The molecule has 2 heterocycles. The van der Waals surface area contributed by atoms with Crippen LogP contribution >= 0.6 is 0 Å². The van der Waals surface area contributed by atoms with Crippen molar-refractivity contribution in [3.05, 3.63) is 46.5 Å². The fourth-order valence-corrected chi connectivity index (χ4v) is 2.31. The second kappa shape index (κ2) is 6.51. The number of imidazole rings is 1. The average molecular weight is 363 g/mol. The fourth-order valence-electron chi connectivity index (χ4n) is 2.31. The highest BCUT2D eigenvalue weighted by Crippen LogP contribution is 2.21. The fraction of sp³-hybridized carbons (Fsp3) is 0.250. The van der Waals surface area contributed by atoms with Crippen LogP contribution in [0.1, 0.15) is 12.0 Å². The van der Waals surface area contributed by atoms with Gasteiger partial charge in [-0.3, -0.25) is 4.79 Å². The third-order valence-corrected chi connectivity index (χ3v) is 3.58. The van der Waals surface area contributed by atoms with Gasteiger partial charge in [-0.2, -0.15) is 23.4 Å². The molecule has 0 amide bonds. The Morgan fingerprint density at radius 2 is 1.96 bits per heavy atom. The van der Waals surface area contributed by atoms with Gasteiger partial charge in [0, 0.05) is 7.05 Å². The molecule has 26 heavy (non-hydrogen) atoms. The minimum atomic E-state index is -4.39. The number of rotatable bonds is 4. The largest absolute Gasteiger partial charge is 0.464 e. The van der Waals surface area contributed by atoms with Crippen LogP contribution in [0.3, 0.4) is 0 Å². The quantitative estimate of drug-likeness (QED) is 0.710. The smallest absolute Gasteiger partial charge is 0.392 e. The molecule has 3 aromatic rings. The van der Waals surface area contributed by atoms with Crippen molar-refractivity contribution >= 4 is 11.2 Å². The number of nitriles is 1. The van der Waals surface area contributed by atoms with Crippen LogP contribution in [-0.4, -0.2) is 31.9 Å². The van der Waals surface area contributed by atoms with E-state index in [1.807, 2.05) is 6.07 Å². The Bertz CT molecular complexity index is 1050. The van der Waals surface area contributed by atoms with Crippen molar-refractivity contribution in [2.45, 2.75) is 12.6 Å². The molecule has 10 heteroatoms. The van der Waals surface area contributed by atoms with E-state index in [1.165, 1.54) is 35.2 Å². The average Bonchev–Trinajstić information content (AvgIpc) is 2.96. The van der Waals surface area contributed by atoms with Crippen molar-refractivity contribution in [1.29, 1.82) is 5.26 Å². The van der Waals surface area contributed by atoms with Gasteiger partial charge in [0.2, 0.25) is 0 Å². The highest BCUT2D eigenvalue weighted by molar-refractivity contribution is 5.70. The normalized spacial score (nSPS) is 11.5. The predicted octanol–water partition coefficient (Wildman–Crippen LogP) is 2.32. The van der Waals surface area contributed by atoms with Gasteiger partial charge in [-0.1, -0.05) is 0 Å². The van der Waals surface area contributed by atoms with Gasteiger partial charge in [0.15, 0.2) is 11.2 Å². The van der Waals surface area contributed by atoms with E-state index in [1.54, 1.807) is 7.05 Å². The molecule has 0 radical (unpaired) electrons. The minimum Gasteiger partial charge on any atom is -0.464 e. The standard InChI is InChI=1S/C16H12F3N5O2/c1-23-9-21-12-13(23)22-15(26-7-6-16(17,18)19)24(14(12)25)11-4-2-10(8-20)3-5-11/h2-5,9H,6-7H2,1H3. The Kier molecular flexibility index (Phi) is 4.38. The van der Waals surface area contributed by atoms with Gasteiger partial charge in [0.25, 0.3) is 5.56 Å². The Hall–Kier alpha value is -3.35. The van der Waals surface area contributed by atoms with Crippen molar-refractivity contribution < 1.29 is 17.9 Å². The third-order valence-electron chi connectivity index (χ3n) is 3.58. The third kappa shape index (κ3) is 3.37. The Balaban J connectivity index is 2.11. The van der Waals surface area contributed by atoms with Gasteiger partial charge in [0.05, 0.1) is 30.1 Å². The first-order valence-electron chi connectivity index (χ1n) is 7.44. The maximum absolute atomic E-state index is 12.8. The van der Waals surface area contributed by atoms with E-state index in [9.17, 15) is 18.0 Å². The van der Waals surface area contributed by atoms with Gasteiger partial charge in [-0.25, -0.2) is 9.55 Å². The molecule has 3 rings (SSSR count). The zero-order valence-corrected chi connectivity index (χ0v) is 13.5. The molecule has 2 aromatic heterocycles. The van der Waals surface area contributed by atoms with Crippen LogP contribution in [0.2, 0.25) is 0 Å². The molecular weight excluding hydrogens is 351 g/mol. The summed E-state index contributed by atoms with van der Waals surface area (Å²) in [6.07, 6.45) is -4.20. The highest BCUT2D eigenvalue weighted by atomic mass is 19.4. The predicted molar refractivity (Wildman–Crippen MR) is 85.0 cm³/mol. The first kappa shape index (κ1) is 17.5. The van der Waals surface area contributed by atoms with Crippen LogP contribution in [-0.2, 0) is 7.05 Å². The second-order valence-corrected chi connectivity index (χ2v) is 5.43. The van der Waals surface area contributed by atoms with Gasteiger partial charge < -0.3 is 9.30 Å². The van der Waals surface area contributed by atoms with Gasteiger partial charge >= 0.3 is 12.2 Å². The minimum absolute atomic E-state index is 0.0556. The van der Waals surface area contributed by atoms with Crippen LogP contribution in [0.15, 0.2) is 35.4 Å². The number of aryl methyl sites for hydroxylation is 1. The van der Waals surface area contributed by atoms with Crippen molar-refractivity contribution in [1.82, 2.24) is 19.1 Å². The molecule has 0 aliphatic heterocycles. The summed E-state index contributed by atoms with van der Waals surface area (Å²) >= 11 is 0. The van der Waals surface area contributed by atoms with E-state index in [0.717, 1.165) is 4.57 Å². The van der Waals surface area contributed by atoms with E-state index in [-0.39, 0.29) is 17.2 Å². The maximum atomic E-state index is 12.8. The van der Waals surface area contributed by atoms with Crippen LogP contribution in [0, 0.1) is 11.3 Å². The molecule has 0 saturated carbocycles. The topological polar surface area (TPSA) is 85.7 Å². The van der Waals surface area contributed by atoms with Crippen LogP contribution in [0.4, 0.5) is 13.2 Å². The summed E-state index contributed by atoms with van der Waals surface area (Å²) in [4.78, 5) is 20.9. The SMILES string of the molecule is Cn1cnc2c(=O)n(-c3ccc(C#N)cc3)c(OCCC(F)(F)F)nc21. The Morgan fingerprint density at radius 1 is 1.27 bits per heavy atom. The molecule has 0 atom stereocenters. The lowest BCUT2D eigenvalue weighted by Crippen LogP contribution is -2.24. The van der Waals surface area contributed by atoms with Crippen LogP contribution in [0.5, 0.6) is 6.01 Å². The van der Waals surface area contributed by atoms with Crippen molar-refractivity contribution in [3.63, 3.8) is 0 Å². The van der Waals surface area contributed by atoms with Crippen molar-refractivity contribution in [2.75, 3.05) is 6.61 Å². The van der Waals surface area contributed by atoms with Crippen LogP contribution < -0.4 is 10.3 Å². The maximum Gasteiger partial charge on any atom is 0.392 e. The van der Waals surface area contributed by atoms with Gasteiger partial charge in [-0.05, 0) is 24.3 Å². The monoisotopic (exact) mass is 363 g/mol. The summed E-state index contributed by atoms with van der Waals surface area (Å²) in [5.74, 6) is 0. The lowest BCUT2D eigenvalue weighted by atomic mass is 10.2. The Labute approximate surface area is 144 Å². The number of hydrogen-bond acceptors (Lipinski definition) is 5. The first-order chi connectivity index (χ1) is 12.3. The lowest BCUT2D eigenvalue weighted by Gasteiger charge is -2.14. The zero-order chi connectivity index (χ0) is 18.9. The van der Waals surface area contributed by atoms with Gasteiger partial charge in [-0.15, -0.1) is 0 Å². The van der Waals surface area contributed by atoms with Gasteiger partial charge in [0.1, 0.15) is 6.61 Å². The summed E-state index contributed by atoms with van der Waals surface area (Å²) < 4.78 is 44.9. The number of nitrogens with zero attached hydrogens (tertiary/aromatic N) is 5. The number of aromatic nitrogens is 4. The number of fused-ring (bicyclic) bond motifs is 1. The summed E-state index contributed by atoms with van der Waals surface area (Å²) in [7, 11) is 1.60. The number of ether oxygens (including phenoxy) is 1. The lowest BCUT2D eigenvalue weighted by molar-refractivity contribution is -0.139. The molecule has 134 valence electrons. The first-order valence-corrected chi connectivity index (χ1v) is 7.44. The molecule has 0 aliphatic rings. The van der Waals surface area contributed by atoms with E-state index in [2.05, 4.69) is 9.97 Å². The summed E-state index contributed by atoms with van der Waals surface area (Å²) in [6, 6.07) is 7.58.